The third-order valence-electron chi connectivity index (χ3n) is 3.73. The number of benzene rings is 1. The molecule has 1 aromatic carbocycles. The normalized spacial score (nSPS) is 16.4. The average molecular weight is 257 g/mol. The van der Waals surface area contributed by atoms with Gasteiger partial charge in [-0.05, 0) is 31.4 Å². The summed E-state index contributed by atoms with van der Waals surface area (Å²) in [6, 6.07) is 5.90. The Bertz CT molecular complexity index is 648. The fourth-order valence-electron chi connectivity index (χ4n) is 2.84. The number of anilines is 1. The Labute approximate surface area is 110 Å². The van der Waals surface area contributed by atoms with Gasteiger partial charge >= 0.3 is 0 Å². The van der Waals surface area contributed by atoms with Crippen LogP contribution in [0.3, 0.4) is 0 Å². The molecule has 0 atom stereocenters. The molecule has 1 aromatic heterocycles. The molecule has 0 unspecified atom stereocenters. The lowest BCUT2D eigenvalue weighted by molar-refractivity contribution is 0.171. The molecule has 5 nitrogen and oxygen atoms in total. The maximum absolute atomic E-state index is 5.98. The van der Waals surface area contributed by atoms with Crippen LogP contribution in [0.25, 0.3) is 5.69 Å². The van der Waals surface area contributed by atoms with E-state index >= 15 is 0 Å². The van der Waals surface area contributed by atoms with Gasteiger partial charge in [0.15, 0.2) is 11.5 Å². The monoisotopic (exact) mass is 257 g/mol. The number of fused-ring (bicyclic) bond motifs is 2. The van der Waals surface area contributed by atoms with Gasteiger partial charge in [0.1, 0.15) is 19.0 Å². The van der Waals surface area contributed by atoms with Gasteiger partial charge in [-0.25, -0.2) is 4.68 Å². The Kier molecular flexibility index (Phi) is 2.21. The summed E-state index contributed by atoms with van der Waals surface area (Å²) in [6.45, 7) is 1.20. The zero-order chi connectivity index (χ0) is 12.8. The largest absolute Gasteiger partial charge is 0.486 e. The van der Waals surface area contributed by atoms with Crippen molar-refractivity contribution in [2.24, 2.45) is 0 Å². The zero-order valence-electron chi connectivity index (χ0n) is 10.6. The smallest absolute Gasteiger partial charge is 0.163 e. The highest BCUT2D eigenvalue weighted by atomic mass is 16.6. The second-order valence-corrected chi connectivity index (χ2v) is 4.90. The minimum absolute atomic E-state index is 0.593. The van der Waals surface area contributed by atoms with Gasteiger partial charge in [0.2, 0.25) is 0 Å². The average Bonchev–Trinajstić information content (AvgIpc) is 3.03. The van der Waals surface area contributed by atoms with E-state index in [0.29, 0.717) is 19.0 Å². The van der Waals surface area contributed by atoms with Crippen LogP contribution in [0.5, 0.6) is 11.5 Å². The van der Waals surface area contributed by atoms with Crippen molar-refractivity contribution in [2.75, 3.05) is 18.9 Å². The maximum atomic E-state index is 5.98. The molecule has 5 heteroatoms. The van der Waals surface area contributed by atoms with Crippen molar-refractivity contribution in [1.82, 2.24) is 9.78 Å². The summed E-state index contributed by atoms with van der Waals surface area (Å²) in [6.07, 6.45) is 3.22. The third kappa shape index (κ3) is 1.58. The van der Waals surface area contributed by atoms with Gasteiger partial charge in [-0.1, -0.05) is 0 Å². The molecule has 0 spiro atoms. The fourth-order valence-corrected chi connectivity index (χ4v) is 2.84. The quantitative estimate of drug-likeness (QED) is 0.845. The van der Waals surface area contributed by atoms with E-state index in [1.165, 1.54) is 11.3 Å². The molecule has 2 aromatic rings. The first-order valence-electron chi connectivity index (χ1n) is 6.59. The molecule has 2 aliphatic rings. The molecule has 1 aliphatic carbocycles. The molecular weight excluding hydrogens is 242 g/mol. The van der Waals surface area contributed by atoms with E-state index < -0.39 is 0 Å². The molecule has 2 N–H and O–H groups in total. The highest BCUT2D eigenvalue weighted by Gasteiger charge is 2.22. The van der Waals surface area contributed by atoms with Crippen molar-refractivity contribution in [3.8, 4) is 17.2 Å². The number of nitrogens with zero attached hydrogens (tertiary/aromatic N) is 2. The molecule has 0 saturated heterocycles. The second-order valence-electron chi connectivity index (χ2n) is 4.90. The number of nitrogen functional groups attached to an aromatic ring is 1. The molecule has 2 heterocycles. The van der Waals surface area contributed by atoms with Crippen LogP contribution in [0.1, 0.15) is 17.7 Å². The first-order valence-corrected chi connectivity index (χ1v) is 6.59. The number of hydrogen-bond acceptors (Lipinski definition) is 4. The van der Waals surface area contributed by atoms with Gasteiger partial charge in [-0.2, -0.15) is 5.10 Å². The maximum Gasteiger partial charge on any atom is 0.163 e. The molecular formula is C14H15N3O2. The van der Waals surface area contributed by atoms with Crippen molar-refractivity contribution in [2.45, 2.75) is 19.3 Å². The predicted molar refractivity (Wildman–Crippen MR) is 71.0 cm³/mol. The minimum Gasteiger partial charge on any atom is -0.486 e. The number of hydrogen-bond donors (Lipinski definition) is 1. The summed E-state index contributed by atoms with van der Waals surface area (Å²) in [5, 5.41) is 4.45. The summed E-state index contributed by atoms with van der Waals surface area (Å²) in [5.74, 6) is 2.23. The lowest BCUT2D eigenvalue weighted by atomic mass is 10.2. The number of nitrogens with two attached hydrogens (primary N) is 1. The first kappa shape index (κ1) is 10.7. The Balaban J connectivity index is 1.82. The van der Waals surface area contributed by atoms with Crippen molar-refractivity contribution in [3.05, 3.63) is 29.5 Å². The molecule has 1 aliphatic heterocycles. The summed E-state index contributed by atoms with van der Waals surface area (Å²) in [5.41, 5.74) is 9.40. The predicted octanol–water partition coefficient (Wildman–Crippen LogP) is 1.71. The molecule has 0 amide bonds. The van der Waals surface area contributed by atoms with Crippen molar-refractivity contribution in [3.63, 3.8) is 0 Å². The fraction of sp³-hybridized carbons (Fsp3) is 0.357. The van der Waals surface area contributed by atoms with Crippen LogP contribution in [0.15, 0.2) is 18.2 Å². The van der Waals surface area contributed by atoms with Crippen molar-refractivity contribution >= 4 is 5.82 Å². The lowest BCUT2D eigenvalue weighted by Crippen LogP contribution is -2.15. The molecule has 0 radical (unpaired) electrons. The van der Waals surface area contributed by atoms with E-state index in [9.17, 15) is 0 Å². The number of rotatable bonds is 1. The first-order chi connectivity index (χ1) is 9.33. The van der Waals surface area contributed by atoms with E-state index in [-0.39, 0.29) is 0 Å². The van der Waals surface area contributed by atoms with Crippen molar-refractivity contribution < 1.29 is 9.47 Å². The summed E-state index contributed by atoms with van der Waals surface area (Å²) >= 11 is 0. The Hall–Kier alpha value is -2.17. The van der Waals surface area contributed by atoms with Gasteiger partial charge < -0.3 is 15.2 Å². The summed E-state index contributed by atoms with van der Waals surface area (Å²) in [4.78, 5) is 0. The highest BCUT2D eigenvalue weighted by Crippen LogP contribution is 2.34. The molecule has 19 heavy (non-hydrogen) atoms. The van der Waals surface area contributed by atoms with Crippen LogP contribution in [0.4, 0.5) is 5.82 Å². The highest BCUT2D eigenvalue weighted by molar-refractivity contribution is 5.53. The van der Waals surface area contributed by atoms with E-state index in [4.69, 9.17) is 15.2 Å². The van der Waals surface area contributed by atoms with Gasteiger partial charge in [-0.3, -0.25) is 0 Å². The number of ether oxygens (including phenoxy) is 2. The van der Waals surface area contributed by atoms with Crippen LogP contribution in [0.2, 0.25) is 0 Å². The molecule has 0 bridgehead atoms. The van der Waals surface area contributed by atoms with Crippen LogP contribution in [-0.2, 0) is 12.8 Å². The third-order valence-corrected chi connectivity index (χ3v) is 3.73. The lowest BCUT2D eigenvalue weighted by Gasteiger charge is -2.19. The number of aromatic nitrogens is 2. The van der Waals surface area contributed by atoms with E-state index in [1.54, 1.807) is 0 Å². The SMILES string of the molecule is Nc1nn(-c2ccc3c(c2)OCCO3)c2c1CCC2. The molecule has 98 valence electrons. The zero-order valence-corrected chi connectivity index (χ0v) is 10.6. The summed E-state index contributed by atoms with van der Waals surface area (Å²) < 4.78 is 13.1. The summed E-state index contributed by atoms with van der Waals surface area (Å²) in [7, 11) is 0. The van der Waals surface area contributed by atoms with Gasteiger partial charge in [0.05, 0.1) is 5.69 Å². The van der Waals surface area contributed by atoms with Crippen LogP contribution >= 0.6 is 0 Å². The standard InChI is InChI=1S/C14H15N3O2/c15-14-10-2-1-3-11(10)17(16-14)9-4-5-12-13(8-9)19-7-6-18-12/h4-5,8H,1-3,6-7H2,(H2,15,16). The van der Waals surface area contributed by atoms with E-state index in [1.807, 2.05) is 22.9 Å². The minimum atomic E-state index is 0.593. The Morgan fingerprint density at radius 1 is 1.11 bits per heavy atom. The molecule has 0 saturated carbocycles. The van der Waals surface area contributed by atoms with Crippen LogP contribution in [0, 0.1) is 0 Å². The van der Waals surface area contributed by atoms with Crippen LogP contribution < -0.4 is 15.2 Å². The van der Waals surface area contributed by atoms with Crippen LogP contribution in [-0.4, -0.2) is 23.0 Å². The van der Waals surface area contributed by atoms with Gasteiger partial charge in [0, 0.05) is 17.3 Å². The van der Waals surface area contributed by atoms with E-state index in [2.05, 4.69) is 5.10 Å². The van der Waals surface area contributed by atoms with Gasteiger partial charge in [0.25, 0.3) is 0 Å². The topological polar surface area (TPSA) is 62.3 Å². The van der Waals surface area contributed by atoms with E-state index in [0.717, 1.165) is 36.4 Å². The molecule has 4 rings (SSSR count). The second kappa shape index (κ2) is 3.91. The van der Waals surface area contributed by atoms with Crippen molar-refractivity contribution in [1.29, 1.82) is 0 Å². The Morgan fingerprint density at radius 2 is 1.95 bits per heavy atom. The molecule has 0 fully saturated rings. The van der Waals surface area contributed by atoms with Gasteiger partial charge in [-0.15, -0.1) is 0 Å². The Morgan fingerprint density at radius 3 is 2.84 bits per heavy atom.